The third-order valence-corrected chi connectivity index (χ3v) is 5.54. The van der Waals surface area contributed by atoms with Gasteiger partial charge in [-0.05, 0) is 52.9 Å². The van der Waals surface area contributed by atoms with Crippen molar-refractivity contribution in [3.63, 3.8) is 0 Å². The Morgan fingerprint density at radius 3 is 2.14 bits per heavy atom. The Morgan fingerprint density at radius 1 is 0.931 bits per heavy atom. The lowest BCUT2D eigenvalue weighted by Gasteiger charge is -2.28. The molecule has 2 aromatic carbocycles. The summed E-state index contributed by atoms with van der Waals surface area (Å²) in [4.78, 5) is 37.9. The molecule has 8 heteroatoms. The number of nitrogens with one attached hydrogen (secondary N) is 1. The Morgan fingerprint density at radius 2 is 1.55 bits per heavy atom. The van der Waals surface area contributed by atoms with Crippen LogP contribution < -0.4 is 5.32 Å². The first kappa shape index (κ1) is 20.7. The van der Waals surface area contributed by atoms with Crippen LogP contribution in [0.5, 0.6) is 0 Å². The molecule has 0 atom stereocenters. The molecule has 3 rings (SSSR count). The Kier molecular flexibility index (Phi) is 6.77. The molecule has 2 amide bonds. The van der Waals surface area contributed by atoms with Crippen LogP contribution in [-0.4, -0.2) is 34.7 Å². The molecule has 0 aliphatic carbocycles. The number of carbonyl (C=O) groups is 2. The Labute approximate surface area is 176 Å². The van der Waals surface area contributed by atoms with Gasteiger partial charge in [-0.15, -0.1) is 0 Å². The maximum Gasteiger partial charge on any atom is 0.271 e. The molecule has 0 saturated carbocycles. The zero-order valence-electron chi connectivity index (χ0n) is 15.6. The number of nitrogens with zero attached hydrogens (tertiary/aromatic N) is 2. The van der Waals surface area contributed by atoms with Crippen molar-refractivity contribution >= 4 is 37.9 Å². The first-order chi connectivity index (χ1) is 14.0. The fourth-order valence-electron chi connectivity index (χ4n) is 3.11. The number of hydrogen-bond donors (Lipinski definition) is 1. The molecule has 2 aromatic rings. The second-order valence-corrected chi connectivity index (χ2v) is 7.46. The molecular weight excluding hydrogens is 438 g/mol. The molecule has 150 valence electrons. The zero-order chi connectivity index (χ0) is 20.8. The zero-order valence-corrected chi connectivity index (χ0v) is 17.2. The van der Waals surface area contributed by atoms with E-state index in [4.69, 9.17) is 0 Å². The number of nitro groups is 1. The molecule has 1 fully saturated rings. The number of halogens is 1. The topological polar surface area (TPSA) is 92.6 Å². The lowest BCUT2D eigenvalue weighted by Crippen LogP contribution is -2.41. The summed E-state index contributed by atoms with van der Waals surface area (Å²) >= 11 is 3.48. The number of non-ortho nitro benzene ring substituents is 1. The summed E-state index contributed by atoms with van der Waals surface area (Å²) < 4.78 is 0.490. The number of hydrogen-bond acceptors (Lipinski definition) is 4. The van der Waals surface area contributed by atoms with Gasteiger partial charge in [0.25, 0.3) is 17.5 Å². The number of amides is 2. The van der Waals surface area contributed by atoms with Gasteiger partial charge in [-0.1, -0.05) is 30.3 Å². The van der Waals surface area contributed by atoms with Gasteiger partial charge in [-0.3, -0.25) is 19.7 Å². The number of likely N-dealkylation sites (tertiary alicyclic amines) is 1. The van der Waals surface area contributed by atoms with Crippen LogP contribution in [0.15, 0.2) is 60.3 Å². The van der Waals surface area contributed by atoms with E-state index in [0.29, 0.717) is 17.6 Å². The predicted molar refractivity (Wildman–Crippen MR) is 113 cm³/mol. The highest BCUT2D eigenvalue weighted by Gasteiger charge is 2.25. The molecule has 0 radical (unpaired) electrons. The third-order valence-electron chi connectivity index (χ3n) is 4.68. The van der Waals surface area contributed by atoms with Crippen LogP contribution >= 0.6 is 15.9 Å². The molecular formula is C21H20BrN3O4. The highest BCUT2D eigenvalue weighted by Crippen LogP contribution is 2.26. The van der Waals surface area contributed by atoms with E-state index in [1.807, 2.05) is 30.3 Å². The molecule has 0 aromatic heterocycles. The highest BCUT2D eigenvalue weighted by molar-refractivity contribution is 9.15. The quantitative estimate of drug-likeness (QED) is 0.415. The first-order valence-electron chi connectivity index (χ1n) is 9.27. The van der Waals surface area contributed by atoms with E-state index < -0.39 is 10.8 Å². The first-order valence-corrected chi connectivity index (χ1v) is 10.1. The average Bonchev–Trinajstić information content (AvgIpc) is 2.77. The molecule has 1 aliphatic rings. The van der Waals surface area contributed by atoms with Gasteiger partial charge in [0.1, 0.15) is 5.70 Å². The minimum absolute atomic E-state index is 0.104. The number of piperidine rings is 1. The Bertz CT molecular complexity index is 936. The lowest BCUT2D eigenvalue weighted by atomic mass is 10.1. The summed E-state index contributed by atoms with van der Waals surface area (Å²) in [6, 6.07) is 14.5. The molecule has 0 unspecified atom stereocenters. The van der Waals surface area contributed by atoms with Crippen molar-refractivity contribution in [3.8, 4) is 0 Å². The Hall–Kier alpha value is -3.00. The largest absolute Gasteiger partial charge is 0.337 e. The van der Waals surface area contributed by atoms with Gasteiger partial charge >= 0.3 is 0 Å². The van der Waals surface area contributed by atoms with Crippen molar-refractivity contribution in [1.29, 1.82) is 0 Å². The fraction of sp³-hybridized carbons (Fsp3) is 0.238. The van der Waals surface area contributed by atoms with Crippen molar-refractivity contribution < 1.29 is 14.5 Å². The smallest absolute Gasteiger partial charge is 0.271 e. The summed E-state index contributed by atoms with van der Waals surface area (Å²) in [5, 5.41) is 13.5. The van der Waals surface area contributed by atoms with E-state index in [0.717, 1.165) is 24.8 Å². The summed E-state index contributed by atoms with van der Waals surface area (Å²) in [5.74, 6) is -0.760. The standard InChI is InChI=1S/C21H20BrN3O4/c22-18(15-7-3-1-4-8-15)19(21(27)24-13-5-2-6-14-24)23-20(26)16-9-11-17(12-10-16)25(28)29/h1,3-4,7-12H,2,5-6,13-14H2,(H,23,26). The van der Waals surface area contributed by atoms with Gasteiger partial charge in [0.05, 0.1) is 9.41 Å². The summed E-state index contributed by atoms with van der Waals surface area (Å²) in [5.41, 5.74) is 1.04. The van der Waals surface area contributed by atoms with Crippen molar-refractivity contribution in [2.24, 2.45) is 0 Å². The monoisotopic (exact) mass is 457 g/mol. The molecule has 29 heavy (non-hydrogen) atoms. The molecule has 1 heterocycles. The molecule has 1 saturated heterocycles. The maximum atomic E-state index is 13.2. The van der Waals surface area contributed by atoms with Crippen molar-refractivity contribution in [2.45, 2.75) is 19.3 Å². The molecule has 0 bridgehead atoms. The third kappa shape index (κ3) is 5.08. The minimum Gasteiger partial charge on any atom is -0.337 e. The summed E-state index contributed by atoms with van der Waals surface area (Å²) in [7, 11) is 0. The van der Waals surface area contributed by atoms with E-state index in [-0.39, 0.29) is 22.9 Å². The van der Waals surface area contributed by atoms with Crippen LogP contribution in [-0.2, 0) is 4.79 Å². The van der Waals surface area contributed by atoms with E-state index >= 15 is 0 Å². The van der Waals surface area contributed by atoms with E-state index in [1.165, 1.54) is 24.3 Å². The van der Waals surface area contributed by atoms with Gasteiger partial charge in [0, 0.05) is 30.8 Å². The van der Waals surface area contributed by atoms with E-state index in [1.54, 1.807) is 4.90 Å². The van der Waals surface area contributed by atoms with E-state index in [9.17, 15) is 19.7 Å². The van der Waals surface area contributed by atoms with Crippen LogP contribution in [0.4, 0.5) is 5.69 Å². The van der Waals surface area contributed by atoms with Gasteiger partial charge in [-0.25, -0.2) is 0 Å². The van der Waals surface area contributed by atoms with Gasteiger partial charge in [0.15, 0.2) is 0 Å². The predicted octanol–water partition coefficient (Wildman–Crippen LogP) is 4.10. The maximum absolute atomic E-state index is 13.2. The van der Waals surface area contributed by atoms with Crippen molar-refractivity contribution in [3.05, 3.63) is 81.5 Å². The second kappa shape index (κ2) is 9.47. The van der Waals surface area contributed by atoms with E-state index in [2.05, 4.69) is 21.2 Å². The second-order valence-electron chi connectivity index (χ2n) is 6.67. The summed E-state index contributed by atoms with van der Waals surface area (Å²) in [6.45, 7) is 1.29. The van der Waals surface area contributed by atoms with Crippen LogP contribution in [0, 0.1) is 10.1 Å². The molecule has 1 aliphatic heterocycles. The number of carbonyl (C=O) groups excluding carboxylic acids is 2. The minimum atomic E-state index is -0.529. The van der Waals surface area contributed by atoms with Gasteiger partial charge in [-0.2, -0.15) is 0 Å². The van der Waals surface area contributed by atoms with Crippen molar-refractivity contribution in [2.75, 3.05) is 13.1 Å². The SMILES string of the molecule is O=C(NC(C(=O)N1CCCCC1)=C(Br)c1ccccc1)c1ccc([N+](=O)[O-])cc1. The number of nitro benzene ring substituents is 1. The molecule has 1 N–H and O–H groups in total. The van der Waals surface area contributed by atoms with Crippen LogP contribution in [0.25, 0.3) is 4.48 Å². The van der Waals surface area contributed by atoms with Crippen LogP contribution in [0.1, 0.15) is 35.2 Å². The summed E-state index contributed by atoms with van der Waals surface area (Å²) in [6.07, 6.45) is 2.94. The fourth-order valence-corrected chi connectivity index (χ4v) is 3.64. The lowest BCUT2D eigenvalue weighted by molar-refractivity contribution is -0.384. The van der Waals surface area contributed by atoms with Crippen LogP contribution in [0.2, 0.25) is 0 Å². The van der Waals surface area contributed by atoms with Gasteiger partial charge in [0.2, 0.25) is 0 Å². The highest BCUT2D eigenvalue weighted by atomic mass is 79.9. The van der Waals surface area contributed by atoms with Crippen LogP contribution in [0.3, 0.4) is 0 Å². The van der Waals surface area contributed by atoms with Gasteiger partial charge < -0.3 is 10.2 Å². The number of benzene rings is 2. The molecule has 0 spiro atoms. The number of rotatable bonds is 5. The average molecular weight is 458 g/mol. The molecule has 7 nitrogen and oxygen atoms in total. The van der Waals surface area contributed by atoms with Crippen molar-refractivity contribution in [1.82, 2.24) is 10.2 Å². The normalized spacial score (nSPS) is 14.7. The Balaban J connectivity index is 1.91.